The van der Waals surface area contributed by atoms with Crippen LogP contribution < -0.4 is 5.32 Å². The fraction of sp³-hybridized carbons (Fsp3) is 0.222. The third-order valence-electron chi connectivity index (χ3n) is 1.74. The first-order chi connectivity index (χ1) is 7.02. The zero-order valence-electron chi connectivity index (χ0n) is 7.90. The van der Waals surface area contributed by atoms with Crippen LogP contribution >= 0.6 is 0 Å². The summed E-state index contributed by atoms with van der Waals surface area (Å²) in [6.45, 7) is 1.29. The predicted molar refractivity (Wildman–Crippen MR) is 48.8 cm³/mol. The monoisotopic (exact) mass is 212 g/mol. The summed E-state index contributed by atoms with van der Waals surface area (Å²) < 4.78 is 13.0. The van der Waals surface area contributed by atoms with Crippen molar-refractivity contribution in [2.24, 2.45) is 0 Å². The van der Waals surface area contributed by atoms with Gasteiger partial charge >= 0.3 is 5.97 Å². The lowest BCUT2D eigenvalue weighted by Crippen LogP contribution is -2.38. The Hall–Kier alpha value is -1.98. The average molecular weight is 212 g/mol. The second-order valence-electron chi connectivity index (χ2n) is 2.89. The highest BCUT2D eigenvalue weighted by Gasteiger charge is 2.17. The van der Waals surface area contributed by atoms with Crippen molar-refractivity contribution in [2.75, 3.05) is 0 Å². The number of carboxylic acid groups (broad SMARTS) is 1. The minimum absolute atomic E-state index is 0.224. The minimum atomic E-state index is -1.18. The van der Waals surface area contributed by atoms with E-state index in [1.165, 1.54) is 19.2 Å². The molecule has 0 aromatic carbocycles. The van der Waals surface area contributed by atoms with Gasteiger partial charge in [0.15, 0.2) is 5.82 Å². The maximum Gasteiger partial charge on any atom is 0.325 e. The summed E-state index contributed by atoms with van der Waals surface area (Å²) in [6, 6.07) is 0.115. The van der Waals surface area contributed by atoms with Crippen molar-refractivity contribution in [3.63, 3.8) is 0 Å². The fourth-order valence-corrected chi connectivity index (χ4v) is 0.895. The predicted octanol–water partition coefficient (Wildman–Crippen LogP) is 0.424. The molecule has 6 heteroatoms. The van der Waals surface area contributed by atoms with E-state index in [0.29, 0.717) is 0 Å². The number of hydrogen-bond acceptors (Lipinski definition) is 3. The lowest BCUT2D eigenvalue weighted by molar-refractivity contribution is -0.138. The van der Waals surface area contributed by atoms with Gasteiger partial charge in [-0.05, 0) is 13.0 Å². The molecule has 0 aliphatic carbocycles. The van der Waals surface area contributed by atoms with E-state index in [0.717, 1.165) is 6.20 Å². The molecule has 1 unspecified atom stereocenters. The highest BCUT2D eigenvalue weighted by atomic mass is 19.1. The lowest BCUT2D eigenvalue weighted by Gasteiger charge is -2.09. The number of amides is 1. The summed E-state index contributed by atoms with van der Waals surface area (Å²) in [5.41, 5.74) is -0.224. The van der Waals surface area contributed by atoms with Crippen molar-refractivity contribution >= 4 is 11.9 Å². The largest absolute Gasteiger partial charge is 0.480 e. The molecule has 0 aliphatic rings. The van der Waals surface area contributed by atoms with Gasteiger partial charge in [0.25, 0.3) is 5.91 Å². The van der Waals surface area contributed by atoms with E-state index in [1.54, 1.807) is 0 Å². The maximum atomic E-state index is 13.0. The van der Waals surface area contributed by atoms with E-state index in [9.17, 15) is 14.0 Å². The second kappa shape index (κ2) is 4.50. The highest BCUT2D eigenvalue weighted by molar-refractivity contribution is 5.96. The Bertz CT molecular complexity index is 395. The molecule has 15 heavy (non-hydrogen) atoms. The molecule has 1 rings (SSSR count). The molecule has 0 saturated heterocycles. The van der Waals surface area contributed by atoms with Crippen molar-refractivity contribution in [1.29, 1.82) is 0 Å². The van der Waals surface area contributed by atoms with Gasteiger partial charge < -0.3 is 10.4 Å². The standard InChI is InChI=1S/C9H9FN2O3/c1-5(9(14)15)12-8(13)6-2-3-11-4-7(6)10/h2-5H,1H3,(H,12,13)(H,14,15). The number of rotatable bonds is 3. The Morgan fingerprint density at radius 2 is 2.27 bits per heavy atom. The second-order valence-corrected chi connectivity index (χ2v) is 2.89. The molecule has 0 saturated carbocycles. The van der Waals surface area contributed by atoms with Crippen molar-refractivity contribution in [3.05, 3.63) is 29.8 Å². The van der Waals surface area contributed by atoms with Crippen LogP contribution in [-0.4, -0.2) is 28.0 Å². The molecule has 0 fully saturated rings. The van der Waals surface area contributed by atoms with Crippen LogP contribution in [-0.2, 0) is 4.79 Å². The van der Waals surface area contributed by atoms with E-state index in [1.807, 2.05) is 0 Å². The molecular weight excluding hydrogens is 203 g/mol. The zero-order valence-corrected chi connectivity index (χ0v) is 7.90. The molecule has 1 atom stereocenters. The molecule has 0 radical (unpaired) electrons. The number of aromatic nitrogens is 1. The first-order valence-corrected chi connectivity index (χ1v) is 4.15. The normalized spacial score (nSPS) is 11.9. The molecule has 80 valence electrons. The molecule has 1 aromatic heterocycles. The number of aliphatic carboxylic acids is 1. The fourth-order valence-electron chi connectivity index (χ4n) is 0.895. The molecule has 2 N–H and O–H groups in total. The molecule has 1 amide bonds. The van der Waals surface area contributed by atoms with Crippen molar-refractivity contribution < 1.29 is 19.1 Å². The first-order valence-electron chi connectivity index (χ1n) is 4.15. The molecule has 0 bridgehead atoms. The van der Waals surface area contributed by atoms with Gasteiger partial charge in [-0.15, -0.1) is 0 Å². The first kappa shape index (κ1) is 11.1. The van der Waals surface area contributed by atoms with Gasteiger partial charge in [0.1, 0.15) is 6.04 Å². The van der Waals surface area contributed by atoms with E-state index < -0.39 is 23.7 Å². The Kier molecular flexibility index (Phi) is 3.33. The summed E-state index contributed by atoms with van der Waals surface area (Å²) in [7, 11) is 0. The number of pyridine rings is 1. The summed E-state index contributed by atoms with van der Waals surface area (Å²) >= 11 is 0. The minimum Gasteiger partial charge on any atom is -0.480 e. The number of carbonyl (C=O) groups excluding carboxylic acids is 1. The third kappa shape index (κ3) is 2.73. The SMILES string of the molecule is CC(NC(=O)c1ccncc1F)C(=O)O. The van der Waals surface area contributed by atoms with Gasteiger partial charge in [0, 0.05) is 6.20 Å². The number of carboxylic acids is 1. The van der Waals surface area contributed by atoms with Crippen molar-refractivity contribution in [1.82, 2.24) is 10.3 Å². The van der Waals surface area contributed by atoms with Gasteiger partial charge in [0.2, 0.25) is 0 Å². The number of carbonyl (C=O) groups is 2. The number of hydrogen-bond donors (Lipinski definition) is 2. The van der Waals surface area contributed by atoms with E-state index in [4.69, 9.17) is 5.11 Å². The molecule has 1 heterocycles. The topological polar surface area (TPSA) is 79.3 Å². The van der Waals surface area contributed by atoms with E-state index in [-0.39, 0.29) is 5.56 Å². The van der Waals surface area contributed by atoms with Gasteiger partial charge in [-0.3, -0.25) is 14.6 Å². The van der Waals surface area contributed by atoms with Crippen LogP contribution in [0.4, 0.5) is 4.39 Å². The third-order valence-corrected chi connectivity index (χ3v) is 1.74. The van der Waals surface area contributed by atoms with Crippen LogP contribution in [0.2, 0.25) is 0 Å². The smallest absolute Gasteiger partial charge is 0.325 e. The van der Waals surface area contributed by atoms with E-state index >= 15 is 0 Å². The Balaban J connectivity index is 2.78. The highest BCUT2D eigenvalue weighted by Crippen LogP contribution is 2.04. The number of nitrogens with zero attached hydrogens (tertiary/aromatic N) is 1. The molecule has 5 nitrogen and oxygen atoms in total. The quantitative estimate of drug-likeness (QED) is 0.761. The zero-order chi connectivity index (χ0) is 11.4. The maximum absolute atomic E-state index is 13.0. The average Bonchev–Trinajstić information content (AvgIpc) is 2.18. The van der Waals surface area contributed by atoms with Crippen LogP contribution in [0, 0.1) is 5.82 Å². The Labute approximate surface area is 84.9 Å². The summed E-state index contributed by atoms with van der Waals surface area (Å²) in [5.74, 6) is -2.74. The van der Waals surface area contributed by atoms with Crippen molar-refractivity contribution in [2.45, 2.75) is 13.0 Å². The van der Waals surface area contributed by atoms with Crippen molar-refractivity contribution in [3.8, 4) is 0 Å². The van der Waals surface area contributed by atoms with E-state index in [2.05, 4.69) is 10.3 Å². The molecule has 0 aliphatic heterocycles. The summed E-state index contributed by atoms with van der Waals surface area (Å²) in [6.07, 6.45) is 2.14. The van der Waals surface area contributed by atoms with Crippen LogP contribution in [0.25, 0.3) is 0 Å². The van der Waals surface area contributed by atoms with Crippen LogP contribution in [0.3, 0.4) is 0 Å². The molecule has 0 spiro atoms. The van der Waals surface area contributed by atoms with Gasteiger partial charge in [-0.2, -0.15) is 0 Å². The number of halogens is 1. The van der Waals surface area contributed by atoms with Crippen LogP contribution in [0.15, 0.2) is 18.5 Å². The van der Waals surface area contributed by atoms with Crippen LogP contribution in [0.5, 0.6) is 0 Å². The lowest BCUT2D eigenvalue weighted by atomic mass is 10.2. The summed E-state index contributed by atoms with van der Waals surface area (Å²) in [5, 5.41) is 10.7. The van der Waals surface area contributed by atoms with Gasteiger partial charge in [-0.25, -0.2) is 4.39 Å². The Morgan fingerprint density at radius 1 is 1.60 bits per heavy atom. The van der Waals surface area contributed by atoms with Gasteiger partial charge in [-0.1, -0.05) is 0 Å². The number of nitrogens with one attached hydrogen (secondary N) is 1. The van der Waals surface area contributed by atoms with Gasteiger partial charge in [0.05, 0.1) is 11.8 Å². The van der Waals surface area contributed by atoms with Crippen LogP contribution in [0.1, 0.15) is 17.3 Å². The Morgan fingerprint density at radius 3 is 2.80 bits per heavy atom. The molecule has 1 aromatic rings. The summed E-state index contributed by atoms with van der Waals surface area (Å²) in [4.78, 5) is 25.2. The molecular formula is C9H9FN2O3.